The summed E-state index contributed by atoms with van der Waals surface area (Å²) in [6.45, 7) is 1.66. The summed E-state index contributed by atoms with van der Waals surface area (Å²) in [6, 6.07) is 9.45. The van der Waals surface area contributed by atoms with Crippen molar-refractivity contribution in [2.75, 3.05) is 18.2 Å². The predicted octanol–water partition coefficient (Wildman–Crippen LogP) is 3.97. The highest BCUT2D eigenvalue weighted by molar-refractivity contribution is 7.98. The number of aryl methyl sites for hydroxylation is 1. The molecule has 1 N–H and O–H groups in total. The first-order chi connectivity index (χ1) is 11.1. The van der Waals surface area contributed by atoms with Crippen LogP contribution in [-0.4, -0.2) is 24.7 Å². The third-order valence-electron chi connectivity index (χ3n) is 3.00. The van der Waals surface area contributed by atoms with Gasteiger partial charge in [-0.2, -0.15) is 0 Å². The second kappa shape index (κ2) is 8.55. The normalized spacial score (nSPS) is 10.7. The molecule has 0 spiro atoms. The zero-order valence-corrected chi connectivity index (χ0v) is 14.5. The highest BCUT2D eigenvalue weighted by Crippen LogP contribution is 2.24. The maximum Gasteiger partial charge on any atom is 0.331 e. The van der Waals surface area contributed by atoms with Gasteiger partial charge in [-0.15, -0.1) is 23.1 Å². The van der Waals surface area contributed by atoms with E-state index in [2.05, 4.69) is 5.32 Å². The number of nitrogens with one attached hydrogen (secondary N) is 1. The maximum absolute atomic E-state index is 11.9. The minimum absolute atomic E-state index is 0.310. The lowest BCUT2D eigenvalue weighted by molar-refractivity contribution is -0.142. The van der Waals surface area contributed by atoms with E-state index in [0.717, 1.165) is 15.3 Å². The Morgan fingerprint density at radius 2 is 2.09 bits per heavy atom. The molecule has 0 saturated heterocycles. The van der Waals surface area contributed by atoms with Gasteiger partial charge in [0.25, 0.3) is 5.91 Å². The van der Waals surface area contributed by atoms with Crippen molar-refractivity contribution in [1.82, 2.24) is 0 Å². The Balaban J connectivity index is 1.83. The SMILES string of the molecule is CSc1ccccc1NC(=O)COC(=O)/C=C/c1sccc1C. The van der Waals surface area contributed by atoms with Crippen molar-refractivity contribution >= 4 is 46.7 Å². The molecule has 0 atom stereocenters. The summed E-state index contributed by atoms with van der Waals surface area (Å²) in [5, 5.41) is 4.69. The van der Waals surface area contributed by atoms with Gasteiger partial charge in [0, 0.05) is 15.8 Å². The monoisotopic (exact) mass is 347 g/mol. The number of benzene rings is 1. The van der Waals surface area contributed by atoms with E-state index < -0.39 is 5.97 Å². The molecule has 120 valence electrons. The second-order valence-electron chi connectivity index (χ2n) is 4.66. The maximum atomic E-state index is 11.9. The van der Waals surface area contributed by atoms with Gasteiger partial charge in [0.15, 0.2) is 6.61 Å². The minimum Gasteiger partial charge on any atom is -0.452 e. The molecule has 0 aliphatic rings. The van der Waals surface area contributed by atoms with Gasteiger partial charge in [0.2, 0.25) is 0 Å². The van der Waals surface area contributed by atoms with E-state index in [0.29, 0.717) is 5.69 Å². The quantitative estimate of drug-likeness (QED) is 0.488. The van der Waals surface area contributed by atoms with E-state index in [4.69, 9.17) is 4.74 Å². The van der Waals surface area contributed by atoms with Crippen LogP contribution < -0.4 is 5.32 Å². The van der Waals surface area contributed by atoms with Crippen molar-refractivity contribution in [3.05, 3.63) is 52.2 Å². The second-order valence-corrected chi connectivity index (χ2v) is 6.45. The molecule has 0 aliphatic carbocycles. The summed E-state index contributed by atoms with van der Waals surface area (Å²) < 4.78 is 4.95. The summed E-state index contributed by atoms with van der Waals surface area (Å²) in [6.07, 6.45) is 4.97. The minimum atomic E-state index is -0.536. The van der Waals surface area contributed by atoms with Crippen molar-refractivity contribution in [2.24, 2.45) is 0 Å². The summed E-state index contributed by atoms with van der Waals surface area (Å²) in [4.78, 5) is 25.5. The number of hydrogen-bond acceptors (Lipinski definition) is 5. The van der Waals surface area contributed by atoms with E-state index in [1.54, 1.807) is 17.4 Å². The fourth-order valence-electron chi connectivity index (χ4n) is 1.82. The molecule has 0 unspecified atom stereocenters. The van der Waals surface area contributed by atoms with Crippen LogP contribution in [-0.2, 0) is 14.3 Å². The molecular formula is C17H17NO3S2. The molecule has 0 bridgehead atoms. The number of amides is 1. The standard InChI is InChI=1S/C17H17NO3S2/c1-12-9-10-23-14(12)7-8-17(20)21-11-16(19)18-13-5-3-4-6-15(13)22-2/h3-10H,11H2,1-2H3,(H,18,19)/b8-7+. The predicted molar refractivity (Wildman–Crippen MR) is 95.9 cm³/mol. The van der Waals surface area contributed by atoms with Crippen molar-refractivity contribution in [3.63, 3.8) is 0 Å². The molecule has 0 fully saturated rings. The van der Waals surface area contributed by atoms with Crippen LogP contribution >= 0.6 is 23.1 Å². The lowest BCUT2D eigenvalue weighted by Crippen LogP contribution is -2.20. The van der Waals surface area contributed by atoms with E-state index in [1.807, 2.05) is 48.9 Å². The molecular weight excluding hydrogens is 330 g/mol. The Labute approximate surface area is 143 Å². The first-order valence-corrected chi connectivity index (χ1v) is 9.02. The van der Waals surface area contributed by atoms with Crippen molar-refractivity contribution in [3.8, 4) is 0 Å². The Bertz CT molecular complexity index is 722. The molecule has 4 nitrogen and oxygen atoms in total. The van der Waals surface area contributed by atoms with Crippen LogP contribution in [0.25, 0.3) is 6.08 Å². The van der Waals surface area contributed by atoms with E-state index in [9.17, 15) is 9.59 Å². The zero-order valence-electron chi connectivity index (χ0n) is 12.9. The van der Waals surface area contributed by atoms with Gasteiger partial charge in [-0.1, -0.05) is 12.1 Å². The van der Waals surface area contributed by atoms with Gasteiger partial charge in [-0.3, -0.25) is 4.79 Å². The van der Waals surface area contributed by atoms with Crippen LogP contribution in [0.5, 0.6) is 0 Å². The van der Waals surface area contributed by atoms with Crippen molar-refractivity contribution < 1.29 is 14.3 Å². The molecule has 0 radical (unpaired) electrons. The third-order valence-corrected chi connectivity index (χ3v) is 4.78. The number of ether oxygens (including phenoxy) is 1. The Morgan fingerprint density at radius 3 is 2.78 bits per heavy atom. The first-order valence-electron chi connectivity index (χ1n) is 6.92. The number of thioether (sulfide) groups is 1. The first kappa shape index (κ1) is 17.3. The van der Waals surface area contributed by atoms with Crippen LogP contribution in [0.1, 0.15) is 10.4 Å². The molecule has 6 heteroatoms. The van der Waals surface area contributed by atoms with Crippen LogP contribution in [0, 0.1) is 6.92 Å². The number of esters is 1. The average molecular weight is 347 g/mol. The summed E-state index contributed by atoms with van der Waals surface area (Å²) in [5.41, 5.74) is 1.82. The van der Waals surface area contributed by atoms with Gasteiger partial charge < -0.3 is 10.1 Å². The number of hydrogen-bond donors (Lipinski definition) is 1. The molecule has 1 aromatic carbocycles. The van der Waals surface area contributed by atoms with Gasteiger partial charge in [-0.25, -0.2) is 4.79 Å². The van der Waals surface area contributed by atoms with Crippen LogP contribution in [0.3, 0.4) is 0 Å². The van der Waals surface area contributed by atoms with Crippen LogP contribution in [0.2, 0.25) is 0 Å². The average Bonchev–Trinajstić information content (AvgIpc) is 2.96. The van der Waals surface area contributed by atoms with Gasteiger partial charge in [-0.05, 0) is 48.4 Å². The number of rotatable bonds is 6. The van der Waals surface area contributed by atoms with Crippen molar-refractivity contribution in [2.45, 2.75) is 11.8 Å². The smallest absolute Gasteiger partial charge is 0.331 e. The third kappa shape index (κ3) is 5.26. The summed E-state index contributed by atoms with van der Waals surface area (Å²) in [7, 11) is 0. The molecule has 2 aromatic rings. The topological polar surface area (TPSA) is 55.4 Å². The van der Waals surface area contributed by atoms with Gasteiger partial charge >= 0.3 is 5.97 Å². The number of thiophene rings is 1. The number of para-hydroxylation sites is 1. The van der Waals surface area contributed by atoms with Gasteiger partial charge in [0.05, 0.1) is 5.69 Å². The molecule has 1 heterocycles. The summed E-state index contributed by atoms with van der Waals surface area (Å²) >= 11 is 3.08. The Hall–Kier alpha value is -2.05. The molecule has 2 rings (SSSR count). The summed E-state index contributed by atoms with van der Waals surface area (Å²) in [5.74, 6) is -0.897. The van der Waals surface area contributed by atoms with E-state index >= 15 is 0 Å². The number of carbonyl (C=O) groups excluding carboxylic acids is 2. The van der Waals surface area contributed by atoms with E-state index in [1.165, 1.54) is 17.8 Å². The molecule has 23 heavy (non-hydrogen) atoms. The highest BCUT2D eigenvalue weighted by Gasteiger charge is 2.08. The largest absolute Gasteiger partial charge is 0.452 e. The Kier molecular flexibility index (Phi) is 6.43. The fourth-order valence-corrected chi connectivity index (χ4v) is 3.19. The molecule has 0 aliphatic heterocycles. The fraction of sp³-hybridized carbons (Fsp3) is 0.176. The lowest BCUT2D eigenvalue weighted by Gasteiger charge is -2.08. The van der Waals surface area contributed by atoms with Gasteiger partial charge in [0.1, 0.15) is 0 Å². The Morgan fingerprint density at radius 1 is 1.30 bits per heavy atom. The van der Waals surface area contributed by atoms with Crippen molar-refractivity contribution in [1.29, 1.82) is 0 Å². The lowest BCUT2D eigenvalue weighted by atomic mass is 10.3. The molecule has 0 saturated carbocycles. The number of anilines is 1. The zero-order chi connectivity index (χ0) is 16.7. The number of carbonyl (C=O) groups is 2. The molecule has 1 amide bonds. The highest BCUT2D eigenvalue weighted by atomic mass is 32.2. The van der Waals surface area contributed by atoms with Crippen LogP contribution in [0.4, 0.5) is 5.69 Å². The van der Waals surface area contributed by atoms with Crippen LogP contribution in [0.15, 0.2) is 46.7 Å². The van der Waals surface area contributed by atoms with E-state index in [-0.39, 0.29) is 12.5 Å². The molecule has 1 aromatic heterocycles.